The third kappa shape index (κ3) is 6.70. The Kier molecular flexibility index (Phi) is 7.49. The van der Waals surface area contributed by atoms with Crippen LogP contribution in [-0.2, 0) is 22.2 Å². The summed E-state index contributed by atoms with van der Waals surface area (Å²) in [4.78, 5) is 32.0. The predicted octanol–water partition coefficient (Wildman–Crippen LogP) is 2.89. The van der Waals surface area contributed by atoms with E-state index in [-0.39, 0.29) is 31.2 Å². The van der Waals surface area contributed by atoms with Gasteiger partial charge in [-0.05, 0) is 24.1 Å². The van der Waals surface area contributed by atoms with Gasteiger partial charge in [0, 0.05) is 45.3 Å². The maximum absolute atomic E-state index is 12.7. The number of hydrogen-bond acceptors (Lipinski definition) is 4. The molecule has 0 radical (unpaired) electrons. The SMILES string of the molecule is O=C(Cc1ccccc1)NCCC(=O)N1CCCN(c2ccc(C(F)(F)F)cn2)CC1. The summed E-state index contributed by atoms with van der Waals surface area (Å²) in [7, 11) is 0. The Balaban J connectivity index is 1.43. The first-order valence-corrected chi connectivity index (χ1v) is 10.2. The van der Waals surface area contributed by atoms with Crippen LogP contribution in [0.1, 0.15) is 24.0 Å². The highest BCUT2D eigenvalue weighted by atomic mass is 19.4. The number of nitrogens with one attached hydrogen (secondary N) is 1. The number of amides is 2. The van der Waals surface area contributed by atoms with Gasteiger partial charge in [0.1, 0.15) is 5.82 Å². The third-order valence-electron chi connectivity index (χ3n) is 5.12. The summed E-state index contributed by atoms with van der Waals surface area (Å²) in [6.07, 6.45) is -2.41. The van der Waals surface area contributed by atoms with Gasteiger partial charge in [0.15, 0.2) is 0 Å². The van der Waals surface area contributed by atoms with E-state index in [1.807, 2.05) is 35.2 Å². The van der Waals surface area contributed by atoms with E-state index in [1.165, 1.54) is 6.07 Å². The maximum Gasteiger partial charge on any atom is 0.417 e. The van der Waals surface area contributed by atoms with E-state index in [0.717, 1.165) is 17.8 Å². The van der Waals surface area contributed by atoms with Crippen LogP contribution in [-0.4, -0.2) is 54.4 Å². The molecule has 1 aliphatic rings. The standard InChI is InChI=1S/C22H25F3N4O2/c23-22(24,25)18-7-8-19(27-16-18)28-11-4-12-29(14-13-28)21(31)9-10-26-20(30)15-17-5-2-1-3-6-17/h1-3,5-8,16H,4,9-15H2,(H,26,30). The number of anilines is 1. The van der Waals surface area contributed by atoms with Gasteiger partial charge < -0.3 is 15.1 Å². The van der Waals surface area contributed by atoms with E-state index in [4.69, 9.17) is 0 Å². The first kappa shape index (κ1) is 22.6. The van der Waals surface area contributed by atoms with E-state index >= 15 is 0 Å². The molecule has 3 rings (SSSR count). The number of rotatable bonds is 6. The zero-order chi connectivity index (χ0) is 22.3. The molecule has 2 aromatic rings. The lowest BCUT2D eigenvalue weighted by molar-refractivity contribution is -0.138. The van der Waals surface area contributed by atoms with Gasteiger partial charge >= 0.3 is 6.18 Å². The predicted molar refractivity (Wildman–Crippen MR) is 110 cm³/mol. The molecular formula is C22H25F3N4O2. The second-order valence-electron chi connectivity index (χ2n) is 7.39. The van der Waals surface area contributed by atoms with Crippen LogP contribution in [0.4, 0.5) is 19.0 Å². The maximum atomic E-state index is 12.7. The Labute approximate surface area is 179 Å². The van der Waals surface area contributed by atoms with Crippen molar-refractivity contribution in [3.05, 3.63) is 59.8 Å². The summed E-state index contributed by atoms with van der Waals surface area (Å²) in [6, 6.07) is 11.8. The quantitative estimate of drug-likeness (QED) is 0.760. The van der Waals surface area contributed by atoms with Crippen LogP contribution in [0.25, 0.3) is 0 Å². The Bertz CT molecular complexity index is 873. The molecule has 1 fully saturated rings. The molecule has 2 amide bonds. The van der Waals surface area contributed by atoms with Crippen molar-refractivity contribution >= 4 is 17.6 Å². The number of hydrogen-bond donors (Lipinski definition) is 1. The van der Waals surface area contributed by atoms with Crippen LogP contribution in [0.5, 0.6) is 0 Å². The minimum absolute atomic E-state index is 0.0535. The van der Waals surface area contributed by atoms with Crippen LogP contribution in [0.2, 0.25) is 0 Å². The Morgan fingerprint density at radius 1 is 1.00 bits per heavy atom. The minimum atomic E-state index is -4.41. The van der Waals surface area contributed by atoms with Crippen molar-refractivity contribution in [1.82, 2.24) is 15.2 Å². The molecule has 1 aromatic carbocycles. The van der Waals surface area contributed by atoms with Crippen LogP contribution < -0.4 is 10.2 Å². The van der Waals surface area contributed by atoms with E-state index in [9.17, 15) is 22.8 Å². The lowest BCUT2D eigenvalue weighted by Crippen LogP contribution is -2.37. The van der Waals surface area contributed by atoms with Gasteiger partial charge in [-0.25, -0.2) is 4.98 Å². The molecule has 1 aliphatic heterocycles. The smallest absolute Gasteiger partial charge is 0.355 e. The summed E-state index contributed by atoms with van der Waals surface area (Å²) in [5.41, 5.74) is 0.132. The number of alkyl halides is 3. The second kappa shape index (κ2) is 10.3. The molecule has 0 aliphatic carbocycles. The van der Waals surface area contributed by atoms with Crippen molar-refractivity contribution in [3.63, 3.8) is 0 Å². The first-order valence-electron chi connectivity index (χ1n) is 10.2. The number of nitrogens with zero attached hydrogens (tertiary/aromatic N) is 3. The topological polar surface area (TPSA) is 65.5 Å². The molecule has 0 spiro atoms. The highest BCUT2D eigenvalue weighted by Gasteiger charge is 2.31. The van der Waals surface area contributed by atoms with E-state index in [2.05, 4.69) is 10.3 Å². The van der Waals surface area contributed by atoms with Crippen molar-refractivity contribution in [1.29, 1.82) is 0 Å². The molecule has 0 saturated carbocycles. The fourth-order valence-electron chi connectivity index (χ4n) is 3.45. The molecular weight excluding hydrogens is 409 g/mol. The highest BCUT2D eigenvalue weighted by molar-refractivity contribution is 5.80. The summed E-state index contributed by atoms with van der Waals surface area (Å²) in [6.45, 7) is 2.39. The van der Waals surface area contributed by atoms with Crippen molar-refractivity contribution in [2.24, 2.45) is 0 Å². The van der Waals surface area contributed by atoms with Crippen molar-refractivity contribution in [3.8, 4) is 0 Å². The first-order chi connectivity index (χ1) is 14.8. The Morgan fingerprint density at radius 2 is 1.77 bits per heavy atom. The number of carbonyl (C=O) groups excluding carboxylic acids is 2. The summed E-state index contributed by atoms with van der Waals surface area (Å²) >= 11 is 0. The molecule has 0 unspecified atom stereocenters. The van der Waals surface area contributed by atoms with E-state index in [1.54, 1.807) is 4.90 Å². The van der Waals surface area contributed by atoms with Gasteiger partial charge in [-0.2, -0.15) is 13.2 Å². The lowest BCUT2D eigenvalue weighted by atomic mass is 10.1. The van der Waals surface area contributed by atoms with Crippen LogP contribution in [0, 0.1) is 0 Å². The molecule has 166 valence electrons. The van der Waals surface area contributed by atoms with Crippen molar-refractivity contribution < 1.29 is 22.8 Å². The molecule has 0 atom stereocenters. The van der Waals surface area contributed by atoms with E-state index in [0.29, 0.717) is 38.4 Å². The number of benzene rings is 1. The fraction of sp³-hybridized carbons (Fsp3) is 0.409. The summed E-state index contributed by atoms with van der Waals surface area (Å²) < 4.78 is 38.1. The fourth-order valence-corrected chi connectivity index (χ4v) is 3.45. The van der Waals surface area contributed by atoms with Gasteiger partial charge in [-0.1, -0.05) is 30.3 Å². The summed E-state index contributed by atoms with van der Waals surface area (Å²) in [5.74, 6) is 0.284. The molecule has 6 nitrogen and oxygen atoms in total. The van der Waals surface area contributed by atoms with Crippen LogP contribution >= 0.6 is 0 Å². The Hall–Kier alpha value is -3.10. The largest absolute Gasteiger partial charge is 0.417 e. The zero-order valence-corrected chi connectivity index (χ0v) is 17.1. The number of aromatic nitrogens is 1. The number of carbonyl (C=O) groups is 2. The molecule has 0 bridgehead atoms. The highest BCUT2D eigenvalue weighted by Crippen LogP contribution is 2.29. The molecule has 1 aromatic heterocycles. The van der Waals surface area contributed by atoms with Gasteiger partial charge in [0.25, 0.3) is 0 Å². The average molecular weight is 434 g/mol. The van der Waals surface area contributed by atoms with Gasteiger partial charge in [0.05, 0.1) is 12.0 Å². The molecule has 31 heavy (non-hydrogen) atoms. The van der Waals surface area contributed by atoms with Crippen LogP contribution in [0.3, 0.4) is 0 Å². The van der Waals surface area contributed by atoms with Gasteiger partial charge in [-0.15, -0.1) is 0 Å². The lowest BCUT2D eigenvalue weighted by Gasteiger charge is -2.23. The molecule has 1 saturated heterocycles. The monoisotopic (exact) mass is 434 g/mol. The summed E-state index contributed by atoms with van der Waals surface area (Å²) in [5, 5.41) is 2.77. The molecule has 1 N–H and O–H groups in total. The normalized spacial score (nSPS) is 14.8. The molecule has 2 heterocycles. The van der Waals surface area contributed by atoms with Gasteiger partial charge in [-0.3, -0.25) is 9.59 Å². The molecule has 9 heteroatoms. The number of pyridine rings is 1. The van der Waals surface area contributed by atoms with Gasteiger partial charge in [0.2, 0.25) is 11.8 Å². The second-order valence-corrected chi connectivity index (χ2v) is 7.39. The zero-order valence-electron chi connectivity index (χ0n) is 17.1. The minimum Gasteiger partial charge on any atom is -0.355 e. The third-order valence-corrected chi connectivity index (χ3v) is 5.12. The van der Waals surface area contributed by atoms with Crippen LogP contribution in [0.15, 0.2) is 48.7 Å². The van der Waals surface area contributed by atoms with Crippen molar-refractivity contribution in [2.75, 3.05) is 37.6 Å². The number of halogens is 3. The Morgan fingerprint density at radius 3 is 2.45 bits per heavy atom. The van der Waals surface area contributed by atoms with E-state index < -0.39 is 11.7 Å². The average Bonchev–Trinajstić information content (AvgIpc) is 3.00. The van der Waals surface area contributed by atoms with Crippen molar-refractivity contribution in [2.45, 2.75) is 25.4 Å².